The topological polar surface area (TPSA) is 43.4 Å². The maximum atomic E-state index is 12.9. The van der Waals surface area contributed by atoms with Crippen molar-refractivity contribution in [1.29, 1.82) is 0 Å². The zero-order valence-corrected chi connectivity index (χ0v) is 14.4. The molecule has 0 aromatic rings. The molecule has 1 unspecified atom stereocenters. The third kappa shape index (κ3) is 1.05. The Morgan fingerprint density at radius 2 is 1.89 bits per heavy atom. The highest BCUT2D eigenvalue weighted by atomic mass is 79.9. The van der Waals surface area contributed by atoms with Gasteiger partial charge in [0.2, 0.25) is 0 Å². The standard InChI is InChI=1S/C12H14Br2O3S/c1-10-6(9(15)17-3)12(4-5-12)11(2,18(10)16)8(14)7(10)13/h6H,4-5H2,1-3H3/t6-,10-,11-,18?/m1/s1. The maximum Gasteiger partial charge on any atom is 0.311 e. The Balaban J connectivity index is 2.28. The van der Waals surface area contributed by atoms with E-state index in [4.69, 9.17) is 4.74 Å². The lowest BCUT2D eigenvalue weighted by Gasteiger charge is -2.36. The highest BCUT2D eigenvalue weighted by Gasteiger charge is 2.83. The first-order valence-corrected chi connectivity index (χ1v) is 8.58. The van der Waals surface area contributed by atoms with Crippen molar-refractivity contribution in [2.75, 3.05) is 7.11 Å². The first kappa shape index (κ1) is 13.3. The van der Waals surface area contributed by atoms with Gasteiger partial charge in [0.25, 0.3) is 0 Å². The molecular weight excluding hydrogens is 384 g/mol. The molecule has 1 saturated heterocycles. The van der Waals surface area contributed by atoms with Gasteiger partial charge in [-0.05, 0) is 26.7 Å². The minimum absolute atomic E-state index is 0.185. The lowest BCUT2D eigenvalue weighted by atomic mass is 9.69. The summed E-state index contributed by atoms with van der Waals surface area (Å²) in [6, 6.07) is 0. The van der Waals surface area contributed by atoms with E-state index < -0.39 is 20.3 Å². The van der Waals surface area contributed by atoms with E-state index in [2.05, 4.69) is 31.9 Å². The number of rotatable bonds is 1. The van der Waals surface area contributed by atoms with Crippen molar-refractivity contribution < 1.29 is 13.7 Å². The van der Waals surface area contributed by atoms with Gasteiger partial charge in [0.1, 0.15) is 0 Å². The predicted molar refractivity (Wildman–Crippen MR) is 77.0 cm³/mol. The third-order valence-corrected chi connectivity index (χ3v) is 11.1. The zero-order chi connectivity index (χ0) is 13.5. The van der Waals surface area contributed by atoms with Gasteiger partial charge in [-0.15, -0.1) is 0 Å². The van der Waals surface area contributed by atoms with E-state index in [1.54, 1.807) is 0 Å². The molecule has 2 fully saturated rings. The van der Waals surface area contributed by atoms with Crippen molar-refractivity contribution in [3.8, 4) is 0 Å². The molecule has 0 N–H and O–H groups in total. The number of hydrogen-bond donors (Lipinski definition) is 0. The van der Waals surface area contributed by atoms with Gasteiger partial charge in [-0.3, -0.25) is 9.00 Å². The summed E-state index contributed by atoms with van der Waals surface area (Å²) < 4.78 is 18.6. The summed E-state index contributed by atoms with van der Waals surface area (Å²) in [6.45, 7) is 3.92. The van der Waals surface area contributed by atoms with Crippen LogP contribution in [0.1, 0.15) is 26.7 Å². The second-order valence-electron chi connectivity index (χ2n) is 5.65. The van der Waals surface area contributed by atoms with Crippen LogP contribution in [0.5, 0.6) is 0 Å². The van der Waals surface area contributed by atoms with Crippen molar-refractivity contribution in [2.45, 2.75) is 36.2 Å². The van der Waals surface area contributed by atoms with Crippen LogP contribution in [-0.4, -0.2) is 26.8 Å². The SMILES string of the molecule is COC(=O)[C@H]1C2(CC2)[C@@]2(C)C(Br)=C(Br)[C@]1(C)S2=O. The second kappa shape index (κ2) is 3.50. The molecule has 4 atom stereocenters. The molecule has 3 rings (SSSR count). The minimum Gasteiger partial charge on any atom is -0.469 e. The number of carbonyl (C=O) groups is 1. The smallest absolute Gasteiger partial charge is 0.311 e. The zero-order valence-electron chi connectivity index (χ0n) is 10.4. The molecule has 3 nitrogen and oxygen atoms in total. The van der Waals surface area contributed by atoms with Gasteiger partial charge in [-0.2, -0.15) is 0 Å². The Morgan fingerprint density at radius 1 is 1.33 bits per heavy atom. The minimum atomic E-state index is -1.12. The molecule has 1 spiro atoms. The lowest BCUT2D eigenvalue weighted by Crippen LogP contribution is -2.45. The fraction of sp³-hybridized carbons (Fsp3) is 0.750. The highest BCUT2D eigenvalue weighted by Crippen LogP contribution is 2.78. The summed E-state index contributed by atoms with van der Waals surface area (Å²) in [7, 11) is 0.288. The Morgan fingerprint density at radius 3 is 2.33 bits per heavy atom. The van der Waals surface area contributed by atoms with Crippen LogP contribution in [-0.2, 0) is 20.3 Å². The molecule has 0 amide bonds. The molecule has 2 bridgehead atoms. The Hall–Kier alpha value is 0.320. The number of fused-ring (bicyclic) bond motifs is 3. The number of methoxy groups -OCH3 is 1. The fourth-order valence-electron chi connectivity index (χ4n) is 3.92. The van der Waals surface area contributed by atoms with Gasteiger partial charge < -0.3 is 4.74 Å². The van der Waals surface area contributed by atoms with Crippen LogP contribution in [0.3, 0.4) is 0 Å². The van der Waals surface area contributed by atoms with E-state index in [9.17, 15) is 9.00 Å². The molecule has 0 aromatic carbocycles. The summed E-state index contributed by atoms with van der Waals surface area (Å²) in [5.74, 6) is -0.541. The first-order valence-electron chi connectivity index (χ1n) is 5.84. The van der Waals surface area contributed by atoms with Crippen LogP contribution in [0.4, 0.5) is 0 Å². The summed E-state index contributed by atoms with van der Waals surface area (Å²) in [6.07, 6.45) is 1.89. The summed E-state index contributed by atoms with van der Waals surface area (Å²) in [5, 5.41) is 0. The average molecular weight is 398 g/mol. The average Bonchev–Trinajstić information content (AvgIpc) is 3.10. The Bertz CT molecular complexity index is 525. The molecule has 3 aliphatic rings. The molecule has 6 heteroatoms. The third-order valence-electron chi connectivity index (χ3n) is 5.08. The van der Waals surface area contributed by atoms with Gasteiger partial charge in [0.05, 0.1) is 22.5 Å². The molecule has 1 saturated carbocycles. The van der Waals surface area contributed by atoms with E-state index in [0.29, 0.717) is 0 Å². The number of carbonyl (C=O) groups excluding carboxylic acids is 1. The molecular formula is C12H14Br2O3S. The van der Waals surface area contributed by atoms with E-state index in [0.717, 1.165) is 21.8 Å². The van der Waals surface area contributed by atoms with Crippen molar-refractivity contribution >= 4 is 48.6 Å². The van der Waals surface area contributed by atoms with Crippen LogP contribution < -0.4 is 0 Å². The van der Waals surface area contributed by atoms with Gasteiger partial charge in [-0.25, -0.2) is 0 Å². The molecule has 2 aliphatic heterocycles. The fourth-order valence-corrected chi connectivity index (χ4v) is 9.10. The molecule has 0 aromatic heterocycles. The van der Waals surface area contributed by atoms with Crippen molar-refractivity contribution in [1.82, 2.24) is 0 Å². The van der Waals surface area contributed by atoms with Gasteiger partial charge in [0.15, 0.2) is 0 Å². The monoisotopic (exact) mass is 396 g/mol. The van der Waals surface area contributed by atoms with E-state index in [1.807, 2.05) is 13.8 Å². The van der Waals surface area contributed by atoms with Crippen molar-refractivity contribution in [3.05, 3.63) is 8.96 Å². The van der Waals surface area contributed by atoms with Gasteiger partial charge >= 0.3 is 5.97 Å². The van der Waals surface area contributed by atoms with Crippen LogP contribution in [0.15, 0.2) is 8.96 Å². The highest BCUT2D eigenvalue weighted by molar-refractivity contribution is 9.14. The summed E-state index contributed by atoms with van der Waals surface area (Å²) in [4.78, 5) is 12.2. The lowest BCUT2D eigenvalue weighted by molar-refractivity contribution is -0.148. The Kier molecular flexibility index (Phi) is 2.59. The van der Waals surface area contributed by atoms with Crippen LogP contribution in [0, 0.1) is 11.3 Å². The number of ether oxygens (including phenoxy) is 1. The number of halogens is 2. The number of esters is 1. The van der Waals surface area contributed by atoms with Crippen LogP contribution >= 0.6 is 31.9 Å². The van der Waals surface area contributed by atoms with Gasteiger partial charge in [0, 0.05) is 25.2 Å². The normalized spacial score (nSPS) is 47.8. The predicted octanol–water partition coefficient (Wildman–Crippen LogP) is 2.85. The van der Waals surface area contributed by atoms with E-state index in [-0.39, 0.29) is 17.3 Å². The first-order chi connectivity index (χ1) is 8.28. The summed E-state index contributed by atoms with van der Waals surface area (Å²) >= 11 is 7.14. The molecule has 0 radical (unpaired) electrons. The van der Waals surface area contributed by atoms with Crippen molar-refractivity contribution in [2.24, 2.45) is 11.3 Å². The quantitative estimate of drug-likeness (QED) is 0.639. The molecule has 18 heavy (non-hydrogen) atoms. The number of hydrogen-bond acceptors (Lipinski definition) is 3. The molecule has 1 aliphatic carbocycles. The summed E-state index contributed by atoms with van der Waals surface area (Å²) in [5.41, 5.74) is -0.185. The molecule has 2 heterocycles. The van der Waals surface area contributed by atoms with E-state index in [1.165, 1.54) is 7.11 Å². The van der Waals surface area contributed by atoms with E-state index >= 15 is 0 Å². The van der Waals surface area contributed by atoms with Crippen LogP contribution in [0.2, 0.25) is 0 Å². The second-order valence-corrected chi connectivity index (χ2v) is 9.44. The largest absolute Gasteiger partial charge is 0.469 e. The van der Waals surface area contributed by atoms with Gasteiger partial charge in [-0.1, -0.05) is 31.9 Å². The molecule has 100 valence electrons. The maximum absolute atomic E-state index is 12.9. The Labute approximate surface area is 125 Å². The van der Waals surface area contributed by atoms with Crippen molar-refractivity contribution in [3.63, 3.8) is 0 Å². The van der Waals surface area contributed by atoms with Crippen LogP contribution in [0.25, 0.3) is 0 Å².